The van der Waals surface area contributed by atoms with Gasteiger partial charge >= 0.3 is 12.3 Å². The third-order valence-corrected chi connectivity index (χ3v) is 7.65. The highest BCUT2D eigenvalue weighted by molar-refractivity contribution is 5.70. The van der Waals surface area contributed by atoms with E-state index in [0.717, 1.165) is 51.3 Å². The number of likely N-dealkylation sites (tertiary alicyclic amines) is 2. The predicted molar refractivity (Wildman–Crippen MR) is 117 cm³/mol. The molecule has 1 aromatic heterocycles. The zero-order valence-electron chi connectivity index (χ0n) is 18.6. The molecule has 0 radical (unpaired) electrons. The number of piperazine rings is 1. The molecule has 10 heteroatoms. The van der Waals surface area contributed by atoms with E-state index in [4.69, 9.17) is 4.74 Å². The third-order valence-electron chi connectivity index (χ3n) is 7.65. The van der Waals surface area contributed by atoms with Crippen molar-refractivity contribution in [2.24, 2.45) is 5.41 Å². The molecular formula is C24H26F3N5O2. The number of anilines is 1. The number of rotatable bonds is 4. The van der Waals surface area contributed by atoms with E-state index in [1.54, 1.807) is 4.90 Å². The van der Waals surface area contributed by atoms with Crippen LogP contribution in [0.25, 0.3) is 0 Å². The highest BCUT2D eigenvalue weighted by atomic mass is 19.4. The second-order valence-electron chi connectivity index (χ2n) is 10.2. The van der Waals surface area contributed by atoms with Crippen LogP contribution in [-0.4, -0.2) is 70.2 Å². The van der Waals surface area contributed by atoms with E-state index in [0.29, 0.717) is 18.5 Å². The van der Waals surface area contributed by atoms with Gasteiger partial charge in [0.15, 0.2) is 0 Å². The van der Waals surface area contributed by atoms with Gasteiger partial charge < -0.3 is 14.5 Å². The van der Waals surface area contributed by atoms with Crippen molar-refractivity contribution in [3.05, 3.63) is 53.9 Å². The minimum Gasteiger partial charge on any atom is -0.446 e. The van der Waals surface area contributed by atoms with E-state index in [2.05, 4.69) is 39.1 Å². The van der Waals surface area contributed by atoms with E-state index >= 15 is 0 Å². The Labute approximate surface area is 195 Å². The van der Waals surface area contributed by atoms with Gasteiger partial charge in [0.2, 0.25) is 5.95 Å². The normalized spacial score (nSPS) is 26.0. The molecule has 4 aliphatic rings. The van der Waals surface area contributed by atoms with E-state index in [9.17, 15) is 18.0 Å². The SMILES string of the molecule is O=C(OC1CC2(C1)CN(Cc1ccccc1)C2)N1C[C@@H]2C[C@H]1CN2c1ncc(C(F)(F)F)cn1. The molecule has 2 aromatic rings. The Morgan fingerprint density at radius 2 is 1.76 bits per heavy atom. The van der Waals surface area contributed by atoms with Gasteiger partial charge in [0.25, 0.3) is 0 Å². The largest absolute Gasteiger partial charge is 0.446 e. The van der Waals surface area contributed by atoms with Crippen molar-refractivity contribution in [2.75, 3.05) is 31.1 Å². The molecule has 0 N–H and O–H groups in total. The Morgan fingerprint density at radius 1 is 1.06 bits per heavy atom. The van der Waals surface area contributed by atoms with Crippen LogP contribution in [-0.2, 0) is 17.5 Å². The number of hydrogen-bond acceptors (Lipinski definition) is 6. The molecule has 6 rings (SSSR count). The van der Waals surface area contributed by atoms with Gasteiger partial charge in [-0.05, 0) is 24.8 Å². The number of alkyl halides is 3. The lowest BCUT2D eigenvalue weighted by Crippen LogP contribution is -2.64. The number of fused-ring (bicyclic) bond motifs is 2. The zero-order chi connectivity index (χ0) is 23.5. The molecule has 1 amide bonds. The smallest absolute Gasteiger partial charge is 0.419 e. The number of nitrogens with zero attached hydrogens (tertiary/aromatic N) is 5. The minimum absolute atomic E-state index is 0.000182. The first-order chi connectivity index (χ1) is 16.3. The van der Waals surface area contributed by atoms with Crippen molar-refractivity contribution in [3.8, 4) is 0 Å². The Bertz CT molecular complexity index is 1050. The fourth-order valence-electron chi connectivity index (χ4n) is 6.07. The first kappa shape index (κ1) is 21.6. The molecule has 34 heavy (non-hydrogen) atoms. The molecule has 0 unspecified atom stereocenters. The number of benzene rings is 1. The maximum absolute atomic E-state index is 12.8. The van der Waals surface area contributed by atoms with E-state index in [-0.39, 0.29) is 30.2 Å². The monoisotopic (exact) mass is 473 g/mol. The summed E-state index contributed by atoms with van der Waals surface area (Å²) in [6.07, 6.45) is -0.552. The average molecular weight is 473 g/mol. The summed E-state index contributed by atoms with van der Waals surface area (Å²) >= 11 is 0. The molecule has 180 valence electrons. The van der Waals surface area contributed by atoms with E-state index in [1.807, 2.05) is 11.0 Å². The summed E-state index contributed by atoms with van der Waals surface area (Å²) in [5, 5.41) is 0. The maximum atomic E-state index is 12.8. The highest BCUT2D eigenvalue weighted by Gasteiger charge is 2.54. The van der Waals surface area contributed by atoms with Gasteiger partial charge in [-0.15, -0.1) is 0 Å². The van der Waals surface area contributed by atoms with Crippen LogP contribution in [0.5, 0.6) is 0 Å². The fourth-order valence-corrected chi connectivity index (χ4v) is 6.07. The van der Waals surface area contributed by atoms with Crippen molar-refractivity contribution in [1.82, 2.24) is 19.8 Å². The van der Waals surface area contributed by atoms with Crippen molar-refractivity contribution < 1.29 is 22.7 Å². The summed E-state index contributed by atoms with van der Waals surface area (Å²) in [5.74, 6) is 0.277. The number of amides is 1. The lowest BCUT2D eigenvalue weighted by Gasteiger charge is -2.58. The molecule has 1 saturated carbocycles. The zero-order valence-corrected chi connectivity index (χ0v) is 18.6. The Kier molecular flexibility index (Phi) is 4.98. The molecule has 3 saturated heterocycles. The van der Waals surface area contributed by atoms with Crippen LogP contribution in [0.3, 0.4) is 0 Å². The summed E-state index contributed by atoms with van der Waals surface area (Å²) in [4.78, 5) is 26.7. The molecule has 2 bridgehead atoms. The van der Waals surface area contributed by atoms with Gasteiger partial charge in [-0.2, -0.15) is 13.2 Å². The summed E-state index contributed by atoms with van der Waals surface area (Å²) in [6, 6.07) is 10.4. The van der Waals surface area contributed by atoms with Gasteiger partial charge in [-0.1, -0.05) is 30.3 Å². The summed E-state index contributed by atoms with van der Waals surface area (Å²) in [5.41, 5.74) is 0.749. The average Bonchev–Trinajstić information content (AvgIpc) is 3.37. The molecule has 4 heterocycles. The van der Waals surface area contributed by atoms with Crippen LogP contribution in [0, 0.1) is 5.41 Å². The summed E-state index contributed by atoms with van der Waals surface area (Å²) in [7, 11) is 0. The van der Waals surface area contributed by atoms with Crippen LogP contribution >= 0.6 is 0 Å². The van der Waals surface area contributed by atoms with Crippen molar-refractivity contribution in [1.29, 1.82) is 0 Å². The molecular weight excluding hydrogens is 447 g/mol. The van der Waals surface area contributed by atoms with Gasteiger partial charge in [-0.25, -0.2) is 14.8 Å². The lowest BCUT2D eigenvalue weighted by atomic mass is 9.61. The number of carbonyl (C=O) groups is 1. The third kappa shape index (κ3) is 3.87. The Balaban J connectivity index is 0.963. The van der Waals surface area contributed by atoms with Crippen LogP contribution in [0.15, 0.2) is 42.7 Å². The van der Waals surface area contributed by atoms with Gasteiger partial charge in [0.05, 0.1) is 17.6 Å². The molecule has 2 atom stereocenters. The Hall–Kier alpha value is -2.88. The highest BCUT2D eigenvalue weighted by Crippen LogP contribution is 2.50. The number of carbonyl (C=O) groups excluding carboxylic acids is 1. The second kappa shape index (κ2) is 7.83. The summed E-state index contributed by atoms with van der Waals surface area (Å²) in [6.45, 7) is 4.05. The second-order valence-corrected chi connectivity index (χ2v) is 10.2. The Morgan fingerprint density at radius 3 is 2.38 bits per heavy atom. The molecule has 1 spiro atoms. The van der Waals surface area contributed by atoms with E-state index in [1.165, 1.54) is 5.56 Å². The first-order valence-electron chi connectivity index (χ1n) is 11.7. The standard InChI is InChI=1S/C24H26F3N5O2/c25-24(26,27)17-9-28-21(29-10-17)31-12-19-6-18(31)13-32(19)22(33)34-20-7-23(8-20)14-30(15-23)11-16-4-2-1-3-5-16/h1-5,9-10,18-20H,6-8,11-15H2/t18-,19-/m0/s1. The first-order valence-corrected chi connectivity index (χ1v) is 11.7. The molecule has 7 nitrogen and oxygen atoms in total. The van der Waals surface area contributed by atoms with Crippen molar-refractivity contribution >= 4 is 12.0 Å². The van der Waals surface area contributed by atoms with E-state index < -0.39 is 11.7 Å². The van der Waals surface area contributed by atoms with Crippen molar-refractivity contribution in [2.45, 2.75) is 50.2 Å². The maximum Gasteiger partial charge on any atom is 0.419 e. The topological polar surface area (TPSA) is 61.8 Å². The molecule has 4 fully saturated rings. The molecule has 3 aliphatic heterocycles. The lowest BCUT2D eigenvalue weighted by molar-refractivity contribution is -0.138. The summed E-state index contributed by atoms with van der Waals surface area (Å²) < 4.78 is 44.1. The quantitative estimate of drug-likeness (QED) is 0.677. The number of hydrogen-bond donors (Lipinski definition) is 0. The van der Waals surface area contributed by atoms with Crippen LogP contribution < -0.4 is 4.90 Å². The van der Waals surface area contributed by atoms with Crippen LogP contribution in [0.4, 0.5) is 23.9 Å². The molecule has 1 aliphatic carbocycles. The van der Waals surface area contributed by atoms with Gasteiger partial charge in [-0.3, -0.25) is 4.90 Å². The minimum atomic E-state index is -4.46. The van der Waals surface area contributed by atoms with Gasteiger partial charge in [0.1, 0.15) is 6.10 Å². The molecule has 1 aromatic carbocycles. The van der Waals surface area contributed by atoms with Gasteiger partial charge in [0, 0.05) is 50.5 Å². The number of aromatic nitrogens is 2. The van der Waals surface area contributed by atoms with Crippen molar-refractivity contribution in [3.63, 3.8) is 0 Å². The number of halogens is 3. The van der Waals surface area contributed by atoms with Crippen LogP contribution in [0.1, 0.15) is 30.4 Å². The van der Waals surface area contributed by atoms with Crippen LogP contribution in [0.2, 0.25) is 0 Å². The number of ether oxygens (including phenoxy) is 1. The fraction of sp³-hybridized carbons (Fsp3) is 0.542. The predicted octanol–water partition coefficient (Wildman–Crippen LogP) is 3.56.